The van der Waals surface area contributed by atoms with E-state index in [-0.39, 0.29) is 11.5 Å². The molecule has 0 fully saturated rings. The minimum atomic E-state index is -0.246. The summed E-state index contributed by atoms with van der Waals surface area (Å²) in [6.45, 7) is 0.0944. The fourth-order valence-corrected chi connectivity index (χ4v) is 2.36. The van der Waals surface area contributed by atoms with E-state index >= 15 is 0 Å². The van der Waals surface area contributed by atoms with Gasteiger partial charge in [0.1, 0.15) is 0 Å². The van der Waals surface area contributed by atoms with Crippen molar-refractivity contribution >= 4 is 6.29 Å². The van der Waals surface area contributed by atoms with Crippen molar-refractivity contribution < 1.29 is 9.72 Å². The molecule has 26 heavy (non-hydrogen) atoms. The van der Waals surface area contributed by atoms with Gasteiger partial charge in [-0.15, -0.1) is 0 Å². The molecule has 4 nitrogen and oxygen atoms in total. The van der Waals surface area contributed by atoms with Crippen LogP contribution in [0.15, 0.2) is 48.6 Å². The van der Waals surface area contributed by atoms with E-state index in [1.54, 1.807) is 0 Å². The van der Waals surface area contributed by atoms with Crippen LogP contribution in [-0.4, -0.2) is 17.8 Å². The molecule has 0 aromatic rings. The van der Waals surface area contributed by atoms with Gasteiger partial charge in [-0.25, -0.2) is 0 Å². The number of hydrogen-bond donors (Lipinski definition) is 0. The Bertz CT molecular complexity index is 450. The van der Waals surface area contributed by atoms with Gasteiger partial charge >= 0.3 is 0 Å². The number of nitro groups is 1. The van der Waals surface area contributed by atoms with Crippen molar-refractivity contribution in [3.63, 3.8) is 0 Å². The predicted molar refractivity (Wildman–Crippen MR) is 110 cm³/mol. The first-order valence-corrected chi connectivity index (χ1v) is 9.84. The molecule has 0 saturated heterocycles. The van der Waals surface area contributed by atoms with Gasteiger partial charge in [0.05, 0.1) is 0 Å². The highest BCUT2D eigenvalue weighted by atomic mass is 16.6. The summed E-state index contributed by atoms with van der Waals surface area (Å²) < 4.78 is 0. The molecule has 0 bridgehead atoms. The summed E-state index contributed by atoms with van der Waals surface area (Å²) >= 11 is 0. The van der Waals surface area contributed by atoms with Gasteiger partial charge in [-0.05, 0) is 57.8 Å². The third-order valence-electron chi connectivity index (χ3n) is 3.84. The lowest BCUT2D eigenvalue weighted by molar-refractivity contribution is -0.480. The molecule has 4 heteroatoms. The number of allylic oxidation sites excluding steroid dienone is 8. The third-order valence-corrected chi connectivity index (χ3v) is 3.84. The highest BCUT2D eigenvalue weighted by Gasteiger charge is 1.94. The summed E-state index contributed by atoms with van der Waals surface area (Å²) in [6.07, 6.45) is 30.8. The van der Waals surface area contributed by atoms with Gasteiger partial charge < -0.3 is 0 Å². The maximum absolute atomic E-state index is 10.2. The highest BCUT2D eigenvalue weighted by Crippen LogP contribution is 2.03. The standard InChI is InChI=1S/C22H34NO3/c24-22-20-18-16-14-12-10-8-6-4-2-1-3-5-7-9-11-13-15-17-19-21-23(25)26/h2-5,8-11H,1,6-7,12-21H2. The lowest BCUT2D eigenvalue weighted by Crippen LogP contribution is -1.99. The Labute approximate surface area is 158 Å². The summed E-state index contributed by atoms with van der Waals surface area (Å²) in [6, 6.07) is 0. The van der Waals surface area contributed by atoms with Crippen molar-refractivity contribution in [2.45, 2.75) is 77.0 Å². The van der Waals surface area contributed by atoms with Crippen molar-refractivity contribution in [2.75, 3.05) is 6.54 Å². The van der Waals surface area contributed by atoms with Crippen LogP contribution in [0.2, 0.25) is 0 Å². The molecule has 0 rings (SSSR count). The molecule has 1 radical (unpaired) electrons. The van der Waals surface area contributed by atoms with Gasteiger partial charge in [0.2, 0.25) is 6.54 Å². The highest BCUT2D eigenvalue weighted by molar-refractivity contribution is 5.50. The van der Waals surface area contributed by atoms with E-state index < -0.39 is 0 Å². The van der Waals surface area contributed by atoms with Crippen LogP contribution in [0.25, 0.3) is 0 Å². The molecule has 0 atom stereocenters. The van der Waals surface area contributed by atoms with Crippen LogP contribution in [0.4, 0.5) is 0 Å². The van der Waals surface area contributed by atoms with E-state index in [4.69, 9.17) is 0 Å². The second-order valence-electron chi connectivity index (χ2n) is 6.24. The van der Waals surface area contributed by atoms with Crippen molar-refractivity contribution in [2.24, 2.45) is 0 Å². The Kier molecular flexibility index (Phi) is 19.5. The molecule has 0 aliphatic carbocycles. The first-order valence-electron chi connectivity index (χ1n) is 9.84. The van der Waals surface area contributed by atoms with E-state index in [1.165, 1.54) is 0 Å². The minimum Gasteiger partial charge on any atom is -0.291 e. The molecule has 145 valence electrons. The van der Waals surface area contributed by atoms with Crippen LogP contribution in [0.5, 0.6) is 0 Å². The fourth-order valence-electron chi connectivity index (χ4n) is 2.36. The Morgan fingerprint density at radius 2 is 1.12 bits per heavy atom. The largest absolute Gasteiger partial charge is 0.291 e. The van der Waals surface area contributed by atoms with Gasteiger partial charge in [-0.2, -0.15) is 0 Å². The number of carbonyl (C=O) groups excluding carboxylic acids is 1. The summed E-state index contributed by atoms with van der Waals surface area (Å²) in [4.78, 5) is 20.0. The van der Waals surface area contributed by atoms with E-state index in [1.807, 2.05) is 6.29 Å². The summed E-state index contributed by atoms with van der Waals surface area (Å²) in [5.41, 5.74) is 0. The number of rotatable bonds is 18. The molecule has 0 N–H and O–H groups in total. The second-order valence-corrected chi connectivity index (χ2v) is 6.24. The normalized spacial score (nSPS) is 12.2. The van der Waals surface area contributed by atoms with Crippen molar-refractivity contribution in [3.05, 3.63) is 58.7 Å². The van der Waals surface area contributed by atoms with Crippen LogP contribution in [0.3, 0.4) is 0 Å². The summed E-state index contributed by atoms with van der Waals surface area (Å²) in [5.74, 6) is 0. The van der Waals surface area contributed by atoms with E-state index in [0.717, 1.165) is 64.2 Å². The smallest absolute Gasteiger partial charge is 0.203 e. The van der Waals surface area contributed by atoms with Crippen LogP contribution in [0, 0.1) is 10.1 Å². The Balaban J connectivity index is 3.38. The topological polar surface area (TPSA) is 60.2 Å². The maximum Gasteiger partial charge on any atom is 0.203 e. The number of nitrogens with zero attached hydrogens (tertiary/aromatic N) is 1. The Hall–Kier alpha value is -1.97. The van der Waals surface area contributed by atoms with Gasteiger partial charge in [0, 0.05) is 17.8 Å². The third kappa shape index (κ3) is 22.0. The Morgan fingerprint density at radius 1 is 0.654 bits per heavy atom. The van der Waals surface area contributed by atoms with Crippen molar-refractivity contribution in [3.8, 4) is 0 Å². The number of hydrogen-bond acceptors (Lipinski definition) is 3. The molecule has 0 amide bonds. The van der Waals surface area contributed by atoms with Gasteiger partial charge in [0.15, 0.2) is 6.29 Å². The molecular formula is C22H34NO3. The zero-order chi connectivity index (χ0) is 19.1. The van der Waals surface area contributed by atoms with Gasteiger partial charge in [-0.3, -0.25) is 14.9 Å². The monoisotopic (exact) mass is 360 g/mol. The average molecular weight is 361 g/mol. The van der Waals surface area contributed by atoms with Gasteiger partial charge in [0.25, 0.3) is 0 Å². The molecule has 0 unspecified atom stereocenters. The molecular weight excluding hydrogens is 326 g/mol. The zero-order valence-electron chi connectivity index (χ0n) is 16.0. The first kappa shape index (κ1) is 24.0. The lowest BCUT2D eigenvalue weighted by atomic mass is 10.1. The summed E-state index contributed by atoms with van der Waals surface area (Å²) in [7, 11) is 0. The molecule has 0 aliphatic heterocycles. The fraction of sp³-hybridized carbons (Fsp3) is 0.591. The molecule has 0 saturated carbocycles. The minimum absolute atomic E-state index is 0.0944. The van der Waals surface area contributed by atoms with E-state index in [0.29, 0.717) is 12.8 Å². The van der Waals surface area contributed by atoms with Crippen LogP contribution in [0.1, 0.15) is 77.0 Å². The predicted octanol–water partition coefficient (Wildman–Crippen LogP) is 6.28. The van der Waals surface area contributed by atoms with E-state index in [9.17, 15) is 14.9 Å². The quantitative estimate of drug-likeness (QED) is 0.125. The molecule has 0 aliphatic rings. The molecule has 0 spiro atoms. The van der Waals surface area contributed by atoms with E-state index in [2.05, 4.69) is 48.6 Å². The Morgan fingerprint density at radius 3 is 1.58 bits per heavy atom. The SMILES string of the molecule is O=[C]CCCCCC=CCC=CCC=CCC=CCCCCC[N+](=O)[O-]. The van der Waals surface area contributed by atoms with Crippen molar-refractivity contribution in [1.29, 1.82) is 0 Å². The lowest BCUT2D eigenvalue weighted by Gasteiger charge is -1.93. The van der Waals surface area contributed by atoms with Crippen LogP contribution >= 0.6 is 0 Å². The zero-order valence-corrected chi connectivity index (χ0v) is 16.0. The summed E-state index contributed by atoms with van der Waals surface area (Å²) in [5, 5.41) is 10.2. The van der Waals surface area contributed by atoms with Gasteiger partial charge in [-0.1, -0.05) is 55.0 Å². The number of unbranched alkanes of at least 4 members (excludes halogenated alkanes) is 7. The molecule has 0 aromatic carbocycles. The van der Waals surface area contributed by atoms with Crippen molar-refractivity contribution in [1.82, 2.24) is 0 Å². The molecule has 0 aromatic heterocycles. The first-order chi connectivity index (χ1) is 12.8. The van der Waals surface area contributed by atoms with Crippen LogP contribution < -0.4 is 0 Å². The average Bonchev–Trinajstić information content (AvgIpc) is 2.62. The van der Waals surface area contributed by atoms with Crippen LogP contribution in [-0.2, 0) is 4.79 Å². The second kappa shape index (κ2) is 21.1. The molecule has 0 heterocycles. The maximum atomic E-state index is 10.2.